The summed E-state index contributed by atoms with van der Waals surface area (Å²) < 4.78 is 5.81. The molecule has 1 saturated heterocycles. The van der Waals surface area contributed by atoms with Gasteiger partial charge >= 0.3 is 0 Å². The number of carbonyl (C=O) groups excluding carboxylic acids is 1. The Hall–Kier alpha value is -3.03. The number of piperazine rings is 1. The number of halogens is 2. The Morgan fingerprint density at radius 2 is 1.54 bits per heavy atom. The van der Waals surface area contributed by atoms with Crippen molar-refractivity contribution in [3.05, 3.63) is 93.5 Å². The molecule has 3 aromatic rings. The van der Waals surface area contributed by atoms with Gasteiger partial charge in [0.25, 0.3) is 5.91 Å². The summed E-state index contributed by atoms with van der Waals surface area (Å²) in [6.07, 6.45) is 5.96. The van der Waals surface area contributed by atoms with Crippen molar-refractivity contribution in [2.24, 2.45) is 0 Å². The topological polar surface area (TPSA) is 48.1 Å². The lowest BCUT2D eigenvalue weighted by Gasteiger charge is -2.36. The summed E-state index contributed by atoms with van der Waals surface area (Å²) in [4.78, 5) is 19.6. The minimum absolute atomic E-state index is 0.0371. The summed E-state index contributed by atoms with van der Waals surface area (Å²) in [6.45, 7) is 7.50. The Morgan fingerprint density at radius 1 is 0.878 bits per heavy atom. The second-order valence-corrected chi connectivity index (χ2v) is 11.5. The standard InChI is InChI=1S/C33H40Cl2N4O2/c1-37(2)21-22-41-32-13-11-31(12-14-32)39-19-17-38(18-20-39)16-4-3-15-36-33(40)28-9-7-26(8-10-28)5-6-27-23-29(34)25-30(35)24-27/h5-14,23-25H,3-4,15-22H2,1-2H3,(H,36,40)/b6-5+. The van der Waals surface area contributed by atoms with Crippen LogP contribution in [0, 0.1) is 0 Å². The second-order valence-electron chi connectivity index (χ2n) is 10.6. The van der Waals surface area contributed by atoms with Gasteiger partial charge in [-0.1, -0.05) is 47.5 Å². The molecule has 1 fully saturated rings. The molecule has 1 N–H and O–H groups in total. The highest BCUT2D eigenvalue weighted by molar-refractivity contribution is 6.34. The molecule has 4 rings (SSSR count). The number of nitrogens with zero attached hydrogens (tertiary/aromatic N) is 3. The first-order chi connectivity index (χ1) is 19.9. The molecular weight excluding hydrogens is 555 g/mol. The van der Waals surface area contributed by atoms with Crippen LogP contribution in [0.5, 0.6) is 5.75 Å². The van der Waals surface area contributed by atoms with Crippen molar-refractivity contribution >= 4 is 46.9 Å². The fourth-order valence-electron chi connectivity index (χ4n) is 4.70. The molecule has 8 heteroatoms. The van der Waals surface area contributed by atoms with Gasteiger partial charge in [-0.2, -0.15) is 0 Å². The van der Waals surface area contributed by atoms with E-state index in [1.807, 2.05) is 62.6 Å². The number of nitrogens with one attached hydrogen (secondary N) is 1. The zero-order valence-corrected chi connectivity index (χ0v) is 25.5. The molecular formula is C33H40Cl2N4O2. The molecule has 0 radical (unpaired) electrons. The van der Waals surface area contributed by atoms with E-state index in [2.05, 4.69) is 44.3 Å². The van der Waals surface area contributed by atoms with Crippen molar-refractivity contribution in [1.29, 1.82) is 0 Å². The molecule has 0 saturated carbocycles. The molecule has 0 aromatic heterocycles. The van der Waals surface area contributed by atoms with Crippen LogP contribution >= 0.6 is 23.2 Å². The maximum Gasteiger partial charge on any atom is 0.251 e. The number of hydrogen-bond acceptors (Lipinski definition) is 5. The fraction of sp³-hybridized carbons (Fsp3) is 0.364. The third-order valence-corrected chi connectivity index (χ3v) is 7.53. The summed E-state index contributed by atoms with van der Waals surface area (Å²) in [6, 6.07) is 21.4. The second kappa shape index (κ2) is 15.8. The number of likely N-dealkylation sites (N-methyl/N-ethyl adjacent to an activating group) is 1. The number of carbonyl (C=O) groups is 1. The van der Waals surface area contributed by atoms with Crippen LogP contribution in [0.2, 0.25) is 10.0 Å². The van der Waals surface area contributed by atoms with Crippen molar-refractivity contribution < 1.29 is 9.53 Å². The van der Waals surface area contributed by atoms with Crippen LogP contribution < -0.4 is 15.0 Å². The van der Waals surface area contributed by atoms with Crippen LogP contribution in [0.15, 0.2) is 66.7 Å². The van der Waals surface area contributed by atoms with E-state index < -0.39 is 0 Å². The number of anilines is 1. The van der Waals surface area contributed by atoms with E-state index in [0.717, 1.165) is 69.0 Å². The molecule has 6 nitrogen and oxygen atoms in total. The van der Waals surface area contributed by atoms with E-state index in [-0.39, 0.29) is 5.91 Å². The third kappa shape index (κ3) is 10.4. The van der Waals surface area contributed by atoms with Crippen LogP contribution in [0.4, 0.5) is 5.69 Å². The van der Waals surface area contributed by atoms with Gasteiger partial charge in [-0.3, -0.25) is 9.69 Å². The highest BCUT2D eigenvalue weighted by atomic mass is 35.5. The number of rotatable bonds is 13. The summed E-state index contributed by atoms with van der Waals surface area (Å²) in [7, 11) is 4.10. The van der Waals surface area contributed by atoms with Gasteiger partial charge in [0, 0.05) is 60.6 Å². The van der Waals surface area contributed by atoms with Gasteiger partial charge < -0.3 is 19.9 Å². The zero-order valence-electron chi connectivity index (χ0n) is 24.0. The molecule has 1 aliphatic rings. The molecule has 0 aliphatic carbocycles. The molecule has 0 atom stereocenters. The first kappa shape index (κ1) is 30.9. The van der Waals surface area contributed by atoms with Gasteiger partial charge in [-0.25, -0.2) is 0 Å². The maximum atomic E-state index is 12.6. The van der Waals surface area contributed by atoms with Gasteiger partial charge in [-0.05, 0) is 99.2 Å². The summed E-state index contributed by atoms with van der Waals surface area (Å²) in [5, 5.41) is 4.26. The normalized spacial score (nSPS) is 14.1. The minimum atomic E-state index is -0.0371. The smallest absolute Gasteiger partial charge is 0.251 e. The van der Waals surface area contributed by atoms with Gasteiger partial charge in [0.15, 0.2) is 0 Å². The Labute approximate surface area is 254 Å². The Balaban J connectivity index is 1.10. The van der Waals surface area contributed by atoms with E-state index >= 15 is 0 Å². The predicted octanol–water partition coefficient (Wildman–Crippen LogP) is 6.44. The van der Waals surface area contributed by atoms with Crippen LogP contribution in [-0.2, 0) is 0 Å². The molecule has 0 spiro atoms. The van der Waals surface area contributed by atoms with Crippen LogP contribution in [0.25, 0.3) is 12.2 Å². The molecule has 1 aliphatic heterocycles. The Kier molecular flexibility index (Phi) is 11.9. The molecule has 218 valence electrons. The summed E-state index contributed by atoms with van der Waals surface area (Å²) in [5.74, 6) is 0.886. The van der Waals surface area contributed by atoms with E-state index in [4.69, 9.17) is 27.9 Å². The van der Waals surface area contributed by atoms with E-state index in [9.17, 15) is 4.79 Å². The SMILES string of the molecule is CN(C)CCOc1ccc(N2CCN(CCCCNC(=O)c3ccc(/C=C/c4cc(Cl)cc(Cl)c4)cc3)CC2)cc1. The Morgan fingerprint density at radius 3 is 2.20 bits per heavy atom. The quantitative estimate of drug-likeness (QED) is 0.182. The Bertz CT molecular complexity index is 1250. The van der Waals surface area contributed by atoms with Crippen molar-refractivity contribution in [2.75, 3.05) is 71.4 Å². The first-order valence-corrected chi connectivity index (χ1v) is 15.0. The fourth-order valence-corrected chi connectivity index (χ4v) is 5.25. The highest BCUT2D eigenvalue weighted by Gasteiger charge is 2.17. The average Bonchev–Trinajstić information content (AvgIpc) is 2.96. The highest BCUT2D eigenvalue weighted by Crippen LogP contribution is 2.22. The molecule has 0 unspecified atom stereocenters. The average molecular weight is 596 g/mol. The lowest BCUT2D eigenvalue weighted by atomic mass is 10.1. The zero-order chi connectivity index (χ0) is 29.0. The van der Waals surface area contributed by atoms with Gasteiger partial charge in [-0.15, -0.1) is 0 Å². The molecule has 0 bridgehead atoms. The lowest BCUT2D eigenvalue weighted by molar-refractivity contribution is 0.0952. The van der Waals surface area contributed by atoms with Gasteiger partial charge in [0.1, 0.15) is 12.4 Å². The number of hydrogen-bond donors (Lipinski definition) is 1. The number of unbranched alkanes of at least 4 members (excludes halogenated alkanes) is 1. The lowest BCUT2D eigenvalue weighted by Crippen LogP contribution is -2.46. The molecule has 41 heavy (non-hydrogen) atoms. The first-order valence-electron chi connectivity index (χ1n) is 14.2. The van der Waals surface area contributed by atoms with Crippen molar-refractivity contribution in [1.82, 2.24) is 15.1 Å². The van der Waals surface area contributed by atoms with Crippen LogP contribution in [0.3, 0.4) is 0 Å². The van der Waals surface area contributed by atoms with Crippen LogP contribution in [0.1, 0.15) is 34.3 Å². The van der Waals surface area contributed by atoms with Crippen LogP contribution in [-0.4, -0.2) is 82.2 Å². The molecule has 1 amide bonds. The maximum absolute atomic E-state index is 12.6. The minimum Gasteiger partial charge on any atom is -0.492 e. The largest absolute Gasteiger partial charge is 0.492 e. The van der Waals surface area contributed by atoms with Crippen molar-refractivity contribution in [3.63, 3.8) is 0 Å². The number of ether oxygens (including phenoxy) is 1. The molecule has 3 aromatic carbocycles. The number of amides is 1. The van der Waals surface area contributed by atoms with Crippen molar-refractivity contribution in [2.45, 2.75) is 12.8 Å². The number of benzene rings is 3. The monoisotopic (exact) mass is 594 g/mol. The van der Waals surface area contributed by atoms with E-state index in [0.29, 0.717) is 28.8 Å². The third-order valence-electron chi connectivity index (χ3n) is 7.09. The van der Waals surface area contributed by atoms with Crippen molar-refractivity contribution in [3.8, 4) is 5.75 Å². The van der Waals surface area contributed by atoms with E-state index in [1.54, 1.807) is 6.07 Å². The summed E-state index contributed by atoms with van der Waals surface area (Å²) in [5.41, 5.74) is 3.84. The van der Waals surface area contributed by atoms with Gasteiger partial charge in [0.2, 0.25) is 0 Å². The van der Waals surface area contributed by atoms with E-state index in [1.165, 1.54) is 5.69 Å². The van der Waals surface area contributed by atoms with Gasteiger partial charge in [0.05, 0.1) is 0 Å². The summed E-state index contributed by atoms with van der Waals surface area (Å²) >= 11 is 12.1. The predicted molar refractivity (Wildman–Crippen MR) is 173 cm³/mol. The molecule has 1 heterocycles.